The molecule has 3 rings (SSSR count). The molecule has 8 heteroatoms. The largest absolute Gasteiger partial charge is 0.451 e. The maximum Gasteiger partial charge on any atom is 0.345 e. The van der Waals surface area contributed by atoms with Crippen LogP contribution in [0.3, 0.4) is 0 Å². The van der Waals surface area contributed by atoms with Crippen LogP contribution >= 0.6 is 21.6 Å². The van der Waals surface area contributed by atoms with E-state index in [9.17, 15) is 15.0 Å². The summed E-state index contributed by atoms with van der Waals surface area (Å²) in [6.07, 6.45) is -0.0328. The van der Waals surface area contributed by atoms with E-state index in [-0.39, 0.29) is 12.0 Å². The molecule has 0 aliphatic carbocycles. The van der Waals surface area contributed by atoms with E-state index < -0.39 is 35.5 Å². The molecule has 0 saturated carbocycles. The molecule has 0 aromatic rings. The second-order valence-corrected chi connectivity index (χ2v) is 7.24. The van der Waals surface area contributed by atoms with E-state index in [2.05, 4.69) is 0 Å². The molecular formula is C10H14O6S2. The topological polar surface area (TPSA) is 85.2 Å². The highest BCUT2D eigenvalue weighted by Crippen LogP contribution is 2.58. The van der Waals surface area contributed by atoms with Gasteiger partial charge in [0.15, 0.2) is 6.10 Å². The first-order chi connectivity index (χ1) is 8.47. The van der Waals surface area contributed by atoms with Crippen molar-refractivity contribution in [3.63, 3.8) is 0 Å². The smallest absolute Gasteiger partial charge is 0.345 e. The molecule has 18 heavy (non-hydrogen) atoms. The second kappa shape index (κ2) is 4.00. The maximum absolute atomic E-state index is 11.9. The SMILES string of the molecule is CSS[C@@H]1O[C@]23OC[C@H](O)[C@H]2OC(=O)[C@]3(O)[C@H]1C. The van der Waals surface area contributed by atoms with E-state index in [0.29, 0.717) is 0 Å². The van der Waals surface area contributed by atoms with Gasteiger partial charge in [-0.1, -0.05) is 28.5 Å². The van der Waals surface area contributed by atoms with Crippen LogP contribution < -0.4 is 0 Å². The van der Waals surface area contributed by atoms with Crippen molar-refractivity contribution in [2.75, 3.05) is 12.9 Å². The summed E-state index contributed by atoms with van der Waals surface area (Å²) in [6, 6.07) is 0. The quantitative estimate of drug-likeness (QED) is 0.532. The van der Waals surface area contributed by atoms with Crippen LogP contribution in [0.1, 0.15) is 6.92 Å². The summed E-state index contributed by atoms with van der Waals surface area (Å²) in [4.78, 5) is 11.9. The zero-order valence-corrected chi connectivity index (χ0v) is 11.5. The molecule has 6 nitrogen and oxygen atoms in total. The van der Waals surface area contributed by atoms with Gasteiger partial charge in [-0.3, -0.25) is 0 Å². The third-order valence-corrected chi connectivity index (χ3v) is 5.85. The summed E-state index contributed by atoms with van der Waals surface area (Å²) in [5.41, 5.74) is -2.23. The Morgan fingerprint density at radius 2 is 2.22 bits per heavy atom. The summed E-state index contributed by atoms with van der Waals surface area (Å²) in [6.45, 7) is 1.71. The van der Waals surface area contributed by atoms with Crippen LogP contribution in [-0.4, -0.2) is 58.1 Å². The zero-order chi connectivity index (χ0) is 13.1. The Labute approximate surface area is 112 Å². The van der Waals surface area contributed by atoms with Gasteiger partial charge in [-0.05, 0) is 6.26 Å². The molecule has 0 radical (unpaired) electrons. The monoisotopic (exact) mass is 294 g/mol. The molecule has 0 bridgehead atoms. The molecule has 0 aromatic heterocycles. The van der Waals surface area contributed by atoms with E-state index in [1.54, 1.807) is 6.92 Å². The molecule has 3 heterocycles. The average Bonchev–Trinajstić information content (AvgIpc) is 2.83. The van der Waals surface area contributed by atoms with Gasteiger partial charge in [-0.15, -0.1) is 0 Å². The van der Waals surface area contributed by atoms with Crippen molar-refractivity contribution in [3.8, 4) is 0 Å². The number of rotatable bonds is 2. The Balaban J connectivity index is 2.02. The molecule has 3 saturated heterocycles. The summed E-state index contributed by atoms with van der Waals surface area (Å²) < 4.78 is 16.2. The van der Waals surface area contributed by atoms with Crippen LogP contribution in [-0.2, 0) is 19.0 Å². The summed E-state index contributed by atoms with van der Waals surface area (Å²) >= 11 is 0. The van der Waals surface area contributed by atoms with Crippen molar-refractivity contribution in [3.05, 3.63) is 0 Å². The fourth-order valence-electron chi connectivity index (χ4n) is 2.83. The Kier molecular flexibility index (Phi) is 2.89. The van der Waals surface area contributed by atoms with E-state index >= 15 is 0 Å². The molecule has 6 atom stereocenters. The third kappa shape index (κ3) is 1.28. The van der Waals surface area contributed by atoms with Gasteiger partial charge in [0.1, 0.15) is 11.5 Å². The molecule has 0 aromatic carbocycles. The Hall–Kier alpha value is 0.01000. The van der Waals surface area contributed by atoms with Crippen LogP contribution in [0.4, 0.5) is 0 Å². The maximum atomic E-state index is 11.9. The van der Waals surface area contributed by atoms with E-state index in [1.807, 2.05) is 6.26 Å². The lowest BCUT2D eigenvalue weighted by Gasteiger charge is -2.29. The number of carbonyl (C=O) groups is 1. The van der Waals surface area contributed by atoms with Crippen molar-refractivity contribution in [1.82, 2.24) is 0 Å². The highest BCUT2D eigenvalue weighted by Gasteiger charge is 2.81. The van der Waals surface area contributed by atoms with Gasteiger partial charge < -0.3 is 24.4 Å². The van der Waals surface area contributed by atoms with Crippen LogP contribution in [0, 0.1) is 5.92 Å². The number of hydrogen-bond donors (Lipinski definition) is 2. The fraction of sp³-hybridized carbons (Fsp3) is 0.900. The third-order valence-electron chi connectivity index (χ3n) is 3.82. The van der Waals surface area contributed by atoms with Crippen molar-refractivity contribution in [2.45, 2.75) is 36.0 Å². The van der Waals surface area contributed by atoms with Crippen molar-refractivity contribution < 1.29 is 29.2 Å². The summed E-state index contributed by atoms with van der Waals surface area (Å²) in [5, 5.41) is 20.5. The minimum atomic E-state index is -1.84. The number of ether oxygens (including phenoxy) is 3. The zero-order valence-electron chi connectivity index (χ0n) is 9.86. The van der Waals surface area contributed by atoms with Gasteiger partial charge in [0.2, 0.25) is 5.60 Å². The van der Waals surface area contributed by atoms with Gasteiger partial charge in [-0.2, -0.15) is 0 Å². The lowest BCUT2D eigenvalue weighted by molar-refractivity contribution is -0.252. The molecular weight excluding hydrogens is 280 g/mol. The lowest BCUT2D eigenvalue weighted by atomic mass is 9.84. The first kappa shape index (κ1) is 13.0. The standard InChI is InChI=1S/C10H14O6S2/c1-4-7(18-17-2)16-10-6(5(11)3-14-10)15-8(12)9(4,10)13/h4-7,11,13H,3H2,1-2H3/t4-,5-,6+,7-,9+,10+/m0/s1. The number of carbonyl (C=O) groups excluding carboxylic acids is 1. The first-order valence-electron chi connectivity index (χ1n) is 5.60. The molecule has 102 valence electrons. The second-order valence-electron chi connectivity index (χ2n) is 4.68. The van der Waals surface area contributed by atoms with Crippen molar-refractivity contribution >= 4 is 27.6 Å². The Morgan fingerprint density at radius 1 is 1.50 bits per heavy atom. The molecule has 3 aliphatic heterocycles. The number of aliphatic hydroxyl groups is 2. The van der Waals surface area contributed by atoms with Gasteiger partial charge in [0.25, 0.3) is 5.79 Å². The van der Waals surface area contributed by atoms with Crippen LogP contribution in [0.25, 0.3) is 0 Å². The lowest BCUT2D eigenvalue weighted by Crippen LogP contribution is -2.57. The fourth-order valence-corrected chi connectivity index (χ4v) is 4.75. The molecule has 3 aliphatic rings. The van der Waals surface area contributed by atoms with Crippen molar-refractivity contribution in [2.24, 2.45) is 5.92 Å². The van der Waals surface area contributed by atoms with Crippen molar-refractivity contribution in [1.29, 1.82) is 0 Å². The van der Waals surface area contributed by atoms with Crippen LogP contribution in [0.2, 0.25) is 0 Å². The highest BCUT2D eigenvalue weighted by molar-refractivity contribution is 8.76. The van der Waals surface area contributed by atoms with E-state index in [1.165, 1.54) is 21.6 Å². The highest BCUT2D eigenvalue weighted by atomic mass is 33.1. The average molecular weight is 294 g/mol. The molecule has 3 fully saturated rings. The number of aliphatic hydroxyl groups excluding tert-OH is 1. The Morgan fingerprint density at radius 3 is 2.89 bits per heavy atom. The first-order valence-corrected chi connectivity index (χ1v) is 8.22. The van der Waals surface area contributed by atoms with E-state index in [4.69, 9.17) is 14.2 Å². The van der Waals surface area contributed by atoms with Crippen LogP contribution in [0.15, 0.2) is 0 Å². The predicted octanol–water partition coefficient (Wildman–Crippen LogP) is -0.266. The van der Waals surface area contributed by atoms with Crippen LogP contribution in [0.5, 0.6) is 0 Å². The van der Waals surface area contributed by atoms with Gasteiger partial charge in [-0.25, -0.2) is 4.79 Å². The summed E-state index contributed by atoms with van der Waals surface area (Å²) in [7, 11) is 2.90. The molecule has 2 N–H and O–H groups in total. The number of esters is 1. The molecule has 0 amide bonds. The van der Waals surface area contributed by atoms with E-state index in [0.717, 1.165) is 0 Å². The van der Waals surface area contributed by atoms with Gasteiger partial charge in [0, 0.05) is 5.92 Å². The minimum Gasteiger partial charge on any atom is -0.451 e. The predicted molar refractivity (Wildman–Crippen MR) is 64.7 cm³/mol. The molecule has 1 spiro atoms. The van der Waals surface area contributed by atoms with Gasteiger partial charge in [0.05, 0.1) is 6.61 Å². The normalized spacial score (nSPS) is 54.3. The molecule has 0 unspecified atom stereocenters. The van der Waals surface area contributed by atoms with Gasteiger partial charge >= 0.3 is 5.97 Å². The number of hydrogen-bond acceptors (Lipinski definition) is 8. The Bertz CT molecular complexity index is 393. The minimum absolute atomic E-state index is 0.0103. The summed E-state index contributed by atoms with van der Waals surface area (Å²) in [5.74, 6) is -2.81.